The summed E-state index contributed by atoms with van der Waals surface area (Å²) < 4.78 is 96.9. The van der Waals surface area contributed by atoms with Gasteiger partial charge < -0.3 is 20.4 Å². The number of aromatic nitrogens is 1. The van der Waals surface area contributed by atoms with Gasteiger partial charge in [0.05, 0.1) is 23.4 Å². The van der Waals surface area contributed by atoms with Crippen LogP contribution in [0.4, 0.5) is 38.3 Å². The third-order valence-electron chi connectivity index (χ3n) is 5.46. The quantitative estimate of drug-likeness (QED) is 0.431. The van der Waals surface area contributed by atoms with Crippen molar-refractivity contribution < 1.29 is 39.6 Å². The highest BCUT2D eigenvalue weighted by Crippen LogP contribution is 2.39. The second-order valence-corrected chi connectivity index (χ2v) is 10.3. The molecule has 0 spiro atoms. The number of hydrogen-bond acceptors (Lipinski definition) is 6. The Hall–Kier alpha value is -3.42. The number of fused-ring (bicyclic) bond motifs is 1. The lowest BCUT2D eigenvalue weighted by atomic mass is 10.1. The van der Waals surface area contributed by atoms with Crippen molar-refractivity contribution in [2.75, 3.05) is 22.1 Å². The first-order chi connectivity index (χ1) is 16.3. The molecule has 3 aromatic rings. The van der Waals surface area contributed by atoms with Crippen LogP contribution in [0.15, 0.2) is 34.9 Å². The molecule has 2 aromatic heterocycles. The van der Waals surface area contributed by atoms with Crippen LogP contribution in [0.5, 0.6) is 0 Å². The summed E-state index contributed by atoms with van der Waals surface area (Å²) in [4.78, 5) is 16.3. The number of rotatable bonds is 5. The van der Waals surface area contributed by atoms with Gasteiger partial charge in [-0.05, 0) is 31.5 Å². The van der Waals surface area contributed by atoms with Crippen molar-refractivity contribution in [2.24, 2.45) is 0 Å². The smallest absolute Gasteiger partial charge is 0.416 e. The second-order valence-electron chi connectivity index (χ2n) is 8.11. The van der Waals surface area contributed by atoms with Crippen LogP contribution in [0, 0.1) is 18.6 Å². The predicted molar refractivity (Wildman–Crippen MR) is 117 cm³/mol. The molecule has 14 heteroatoms. The van der Waals surface area contributed by atoms with Crippen molar-refractivity contribution in [3.05, 3.63) is 53.4 Å². The van der Waals surface area contributed by atoms with Crippen molar-refractivity contribution in [1.29, 1.82) is 0 Å². The molecule has 4 rings (SSSR count). The van der Waals surface area contributed by atoms with Crippen molar-refractivity contribution in [2.45, 2.75) is 31.6 Å². The zero-order valence-corrected chi connectivity index (χ0v) is 18.9. The number of nitrogens with one attached hydrogen (secondary N) is 3. The fourth-order valence-electron chi connectivity index (χ4n) is 3.80. The second kappa shape index (κ2) is 8.98. The standard InChI is InChI=1S/C21H19F5N4O4S/c1-10-14-6-11(22)7-15(23)18(14)34-17(10)19(21(24,25)26)30-20(31)29-12-2-3-16(27-8-12)28-13-4-5-35(32,33)9-13/h2-3,6-8,13,19H,4-5,9H2,1H3,(H,27,28)(H2,29,30,31)/t13-,19+/m1/s1. The summed E-state index contributed by atoms with van der Waals surface area (Å²) in [5.74, 6) is -2.57. The number of nitrogens with zero attached hydrogens (tertiary/aromatic N) is 1. The number of pyridine rings is 1. The molecule has 1 aliphatic heterocycles. The number of carbonyl (C=O) groups is 1. The van der Waals surface area contributed by atoms with Gasteiger partial charge in [-0.3, -0.25) is 0 Å². The maximum absolute atomic E-state index is 14.0. The highest BCUT2D eigenvalue weighted by atomic mass is 32.2. The van der Waals surface area contributed by atoms with Crippen molar-refractivity contribution in [3.8, 4) is 0 Å². The van der Waals surface area contributed by atoms with Crippen LogP contribution in [0.3, 0.4) is 0 Å². The molecule has 1 aromatic carbocycles. The van der Waals surface area contributed by atoms with Gasteiger partial charge in [0.2, 0.25) is 0 Å². The van der Waals surface area contributed by atoms with Crippen LogP contribution in [0.1, 0.15) is 23.8 Å². The van der Waals surface area contributed by atoms with Gasteiger partial charge in [-0.25, -0.2) is 27.0 Å². The number of carbonyl (C=O) groups excluding carboxylic acids is 1. The van der Waals surface area contributed by atoms with E-state index in [9.17, 15) is 35.2 Å². The Bertz CT molecular complexity index is 1370. The number of hydrogen-bond donors (Lipinski definition) is 3. The lowest BCUT2D eigenvalue weighted by Crippen LogP contribution is -2.40. The largest absolute Gasteiger partial charge is 0.455 e. The van der Waals surface area contributed by atoms with Gasteiger partial charge in [-0.2, -0.15) is 13.2 Å². The van der Waals surface area contributed by atoms with Gasteiger partial charge in [-0.1, -0.05) is 0 Å². The Kier molecular flexibility index (Phi) is 6.34. The number of amides is 2. The van der Waals surface area contributed by atoms with E-state index in [2.05, 4.69) is 15.6 Å². The fourth-order valence-corrected chi connectivity index (χ4v) is 5.48. The van der Waals surface area contributed by atoms with E-state index in [1.807, 2.05) is 0 Å². The Morgan fingerprint density at radius 1 is 1.23 bits per heavy atom. The molecule has 0 unspecified atom stereocenters. The molecule has 2 atom stereocenters. The Morgan fingerprint density at radius 3 is 2.57 bits per heavy atom. The molecule has 3 N–H and O–H groups in total. The number of alkyl halides is 3. The summed E-state index contributed by atoms with van der Waals surface area (Å²) in [6.07, 6.45) is -3.42. The van der Waals surface area contributed by atoms with Crippen LogP contribution < -0.4 is 16.0 Å². The van der Waals surface area contributed by atoms with Crippen LogP contribution in [0.2, 0.25) is 0 Å². The molecule has 1 saturated heterocycles. The number of anilines is 2. The fraction of sp³-hybridized carbons (Fsp3) is 0.333. The highest BCUT2D eigenvalue weighted by Gasteiger charge is 2.45. The maximum atomic E-state index is 14.0. The molecule has 0 aliphatic carbocycles. The molecule has 2 amide bonds. The van der Waals surface area contributed by atoms with Gasteiger partial charge in [-0.15, -0.1) is 0 Å². The number of furan rings is 1. The monoisotopic (exact) mass is 518 g/mol. The van der Waals surface area contributed by atoms with E-state index in [-0.39, 0.29) is 34.2 Å². The first kappa shape index (κ1) is 24.7. The predicted octanol–water partition coefficient (Wildman–Crippen LogP) is 4.44. The van der Waals surface area contributed by atoms with Gasteiger partial charge >= 0.3 is 12.2 Å². The Labute approximate surface area is 195 Å². The van der Waals surface area contributed by atoms with Crippen LogP contribution in [-0.2, 0) is 9.84 Å². The van der Waals surface area contributed by atoms with E-state index in [0.29, 0.717) is 18.3 Å². The molecule has 1 aliphatic rings. The molecular formula is C21H19F5N4O4S. The van der Waals surface area contributed by atoms with E-state index >= 15 is 0 Å². The van der Waals surface area contributed by atoms with E-state index in [1.165, 1.54) is 25.3 Å². The number of urea groups is 1. The zero-order valence-electron chi connectivity index (χ0n) is 18.0. The average Bonchev–Trinajstić information content (AvgIpc) is 3.26. The first-order valence-corrected chi connectivity index (χ1v) is 12.1. The molecule has 1 fully saturated rings. The number of aryl methyl sites for hydroxylation is 1. The van der Waals surface area contributed by atoms with Crippen molar-refractivity contribution in [3.63, 3.8) is 0 Å². The van der Waals surface area contributed by atoms with Crippen molar-refractivity contribution >= 4 is 38.3 Å². The summed E-state index contributed by atoms with van der Waals surface area (Å²) >= 11 is 0. The van der Waals surface area contributed by atoms with Gasteiger partial charge in [0, 0.05) is 23.1 Å². The SMILES string of the molecule is Cc1c([C@H](NC(=O)Nc2ccc(N[C@@H]3CCS(=O)(=O)C3)nc2)C(F)(F)F)oc2c(F)cc(F)cc12. The third-order valence-corrected chi connectivity index (χ3v) is 7.23. The van der Waals surface area contributed by atoms with E-state index in [0.717, 1.165) is 6.07 Å². The topological polar surface area (TPSA) is 113 Å². The summed E-state index contributed by atoms with van der Waals surface area (Å²) in [6, 6.07) is -0.0780. The lowest BCUT2D eigenvalue weighted by Gasteiger charge is -2.21. The molecule has 3 heterocycles. The summed E-state index contributed by atoms with van der Waals surface area (Å²) in [5.41, 5.74) is -0.674. The first-order valence-electron chi connectivity index (χ1n) is 10.3. The summed E-state index contributed by atoms with van der Waals surface area (Å²) in [7, 11) is -3.10. The number of halogens is 5. The Morgan fingerprint density at radius 2 is 1.97 bits per heavy atom. The van der Waals surface area contributed by atoms with Gasteiger partial charge in [0.15, 0.2) is 27.3 Å². The van der Waals surface area contributed by atoms with Crippen LogP contribution in [-0.4, -0.2) is 43.2 Å². The summed E-state index contributed by atoms with van der Waals surface area (Å²) in [6.45, 7) is 1.20. The lowest BCUT2D eigenvalue weighted by molar-refractivity contribution is -0.158. The van der Waals surface area contributed by atoms with Crippen LogP contribution >= 0.6 is 0 Å². The van der Waals surface area contributed by atoms with Crippen molar-refractivity contribution in [1.82, 2.24) is 10.3 Å². The molecule has 188 valence electrons. The number of benzene rings is 1. The zero-order chi connectivity index (χ0) is 25.5. The molecule has 8 nitrogen and oxygen atoms in total. The van der Waals surface area contributed by atoms with Gasteiger partial charge in [0.25, 0.3) is 0 Å². The van der Waals surface area contributed by atoms with E-state index < -0.39 is 51.1 Å². The third kappa shape index (κ3) is 5.47. The number of sulfone groups is 1. The minimum Gasteiger partial charge on any atom is -0.455 e. The molecule has 0 saturated carbocycles. The average molecular weight is 518 g/mol. The molecule has 35 heavy (non-hydrogen) atoms. The minimum atomic E-state index is -5.02. The van der Waals surface area contributed by atoms with Crippen LogP contribution in [0.25, 0.3) is 11.0 Å². The normalized spacial score (nSPS) is 18.4. The molecule has 0 radical (unpaired) electrons. The Balaban J connectivity index is 1.48. The summed E-state index contributed by atoms with van der Waals surface area (Å²) in [5, 5.41) is 6.71. The van der Waals surface area contributed by atoms with E-state index in [4.69, 9.17) is 4.42 Å². The van der Waals surface area contributed by atoms with E-state index in [1.54, 1.807) is 5.32 Å². The van der Waals surface area contributed by atoms with Gasteiger partial charge in [0.1, 0.15) is 17.4 Å². The molecule has 0 bridgehead atoms. The minimum absolute atomic E-state index is 0.0341. The highest BCUT2D eigenvalue weighted by molar-refractivity contribution is 7.91. The molecular weight excluding hydrogens is 499 g/mol. The maximum Gasteiger partial charge on any atom is 0.416 e.